The molecule has 1 aliphatic heterocycles. The van der Waals surface area contributed by atoms with Gasteiger partial charge < -0.3 is 10.1 Å². The lowest BCUT2D eigenvalue weighted by atomic mass is 9.93. The number of hydrogen-bond donors (Lipinski definition) is 1. The van der Waals surface area contributed by atoms with E-state index in [1.165, 1.54) is 35.6 Å². The van der Waals surface area contributed by atoms with Crippen LogP contribution in [0.3, 0.4) is 0 Å². The normalized spacial score (nSPS) is 21.3. The number of halogens is 1. The van der Waals surface area contributed by atoms with E-state index in [2.05, 4.69) is 10.4 Å². The number of amides is 2. The molecule has 2 amide bonds. The molecule has 0 spiro atoms. The van der Waals surface area contributed by atoms with Gasteiger partial charge in [-0.25, -0.2) is 4.79 Å². The van der Waals surface area contributed by atoms with Gasteiger partial charge in [-0.2, -0.15) is 5.10 Å². The van der Waals surface area contributed by atoms with Gasteiger partial charge in [0.1, 0.15) is 11.2 Å². The second kappa shape index (κ2) is 9.17. The molecule has 2 aromatic rings. The predicted molar refractivity (Wildman–Crippen MR) is 125 cm³/mol. The van der Waals surface area contributed by atoms with E-state index in [1.807, 2.05) is 13.0 Å². The van der Waals surface area contributed by atoms with Crippen molar-refractivity contribution in [3.8, 4) is 0 Å². The lowest BCUT2D eigenvalue weighted by Crippen LogP contribution is -2.65. The summed E-state index contributed by atoms with van der Waals surface area (Å²) in [6, 6.07) is 6.77. The number of fused-ring (bicyclic) bond motifs is 1. The molecule has 1 atom stereocenters. The monoisotopic (exact) mass is 472 g/mol. The van der Waals surface area contributed by atoms with Crippen LogP contribution in [0.5, 0.6) is 0 Å². The zero-order chi connectivity index (χ0) is 23.8. The van der Waals surface area contributed by atoms with Crippen molar-refractivity contribution in [1.29, 1.82) is 0 Å². The van der Waals surface area contributed by atoms with Gasteiger partial charge in [0.25, 0.3) is 5.91 Å². The van der Waals surface area contributed by atoms with E-state index in [9.17, 15) is 14.4 Å². The summed E-state index contributed by atoms with van der Waals surface area (Å²) in [7, 11) is 1.26. The van der Waals surface area contributed by atoms with E-state index in [0.717, 1.165) is 31.2 Å². The van der Waals surface area contributed by atoms with Crippen LogP contribution in [0.4, 0.5) is 5.69 Å². The number of carbonyl (C=O) groups is 3. The Morgan fingerprint density at radius 3 is 2.52 bits per heavy atom. The number of nitrogens with one attached hydrogen (secondary N) is 1. The van der Waals surface area contributed by atoms with Crippen LogP contribution in [0.25, 0.3) is 0 Å². The first-order valence-corrected chi connectivity index (χ1v) is 11.7. The number of aryl methyl sites for hydroxylation is 1. The van der Waals surface area contributed by atoms with Crippen molar-refractivity contribution < 1.29 is 19.1 Å². The van der Waals surface area contributed by atoms with Gasteiger partial charge in [-0.15, -0.1) is 0 Å². The molecule has 8 nitrogen and oxygen atoms in total. The first-order chi connectivity index (χ1) is 15.7. The lowest BCUT2D eigenvalue weighted by molar-refractivity contribution is -0.127. The highest BCUT2D eigenvalue weighted by atomic mass is 35.5. The Hall–Kier alpha value is -2.87. The maximum Gasteiger partial charge on any atom is 0.358 e. The van der Waals surface area contributed by atoms with Crippen LogP contribution < -0.4 is 10.2 Å². The number of aromatic nitrogens is 2. The third-order valence-corrected chi connectivity index (χ3v) is 7.05. The van der Waals surface area contributed by atoms with Gasteiger partial charge in [0.15, 0.2) is 5.69 Å². The predicted octanol–water partition coefficient (Wildman–Crippen LogP) is 3.89. The molecule has 4 rings (SSSR count). The maximum absolute atomic E-state index is 13.7. The van der Waals surface area contributed by atoms with Crippen molar-refractivity contribution >= 4 is 35.1 Å². The Balaban J connectivity index is 1.76. The number of nitrogens with zero attached hydrogens (tertiary/aromatic N) is 3. The second-order valence-electron chi connectivity index (χ2n) is 9.07. The van der Waals surface area contributed by atoms with E-state index >= 15 is 0 Å². The highest BCUT2D eigenvalue weighted by Gasteiger charge is 2.49. The molecule has 33 heavy (non-hydrogen) atoms. The van der Waals surface area contributed by atoms with Crippen LogP contribution >= 0.6 is 11.6 Å². The molecule has 0 saturated heterocycles. The van der Waals surface area contributed by atoms with Crippen LogP contribution in [0.2, 0.25) is 5.02 Å². The van der Waals surface area contributed by atoms with Gasteiger partial charge >= 0.3 is 5.97 Å². The summed E-state index contributed by atoms with van der Waals surface area (Å²) in [5, 5.41) is 7.95. The molecule has 0 bridgehead atoms. The third kappa shape index (κ3) is 4.36. The Morgan fingerprint density at radius 1 is 1.18 bits per heavy atom. The molecular formula is C24H29ClN4O4. The van der Waals surface area contributed by atoms with Gasteiger partial charge in [-0.05, 0) is 44.4 Å². The molecule has 2 heterocycles. The smallest absolute Gasteiger partial charge is 0.358 e. The number of hydrogen-bond acceptors (Lipinski definition) is 5. The van der Waals surface area contributed by atoms with Gasteiger partial charge in [-0.1, -0.05) is 43.4 Å². The summed E-state index contributed by atoms with van der Waals surface area (Å²) in [5.74, 6) is -1.32. The Labute approximate surface area is 198 Å². The molecule has 0 unspecified atom stereocenters. The minimum absolute atomic E-state index is 0.0242. The van der Waals surface area contributed by atoms with Crippen LogP contribution in [-0.2, 0) is 16.1 Å². The fraction of sp³-hybridized carbons (Fsp3) is 0.500. The summed E-state index contributed by atoms with van der Waals surface area (Å²) < 4.78 is 6.19. The Kier molecular flexibility index (Phi) is 6.47. The second-order valence-corrected chi connectivity index (χ2v) is 9.48. The maximum atomic E-state index is 13.7. The van der Waals surface area contributed by atoms with Gasteiger partial charge in [-0.3, -0.25) is 19.2 Å². The van der Waals surface area contributed by atoms with Gasteiger partial charge in [0.05, 0.1) is 13.7 Å². The minimum atomic E-state index is -1.27. The van der Waals surface area contributed by atoms with Crippen molar-refractivity contribution in [2.45, 2.75) is 70.5 Å². The standard InChI is InChI=1S/C24H29ClN4O4/c1-15-10-11-17(12-18(15)25)29-21(30)20-13-19(22(31)33-3)27-28(20)14-24(29,2)23(32)26-16-8-6-4-5-7-9-16/h10-13,16H,4-9,14H2,1-3H3,(H,26,32)/t24-/m1/s1. The first-order valence-electron chi connectivity index (χ1n) is 11.3. The number of carbonyl (C=O) groups excluding carboxylic acids is 3. The van der Waals surface area contributed by atoms with Crippen molar-refractivity contribution in [2.75, 3.05) is 12.0 Å². The molecule has 1 aromatic heterocycles. The van der Waals surface area contributed by atoms with E-state index in [4.69, 9.17) is 16.3 Å². The molecule has 1 aliphatic carbocycles. The lowest BCUT2D eigenvalue weighted by Gasteiger charge is -2.43. The molecule has 1 saturated carbocycles. The average molecular weight is 473 g/mol. The summed E-state index contributed by atoms with van der Waals surface area (Å²) in [4.78, 5) is 40.9. The molecule has 176 valence electrons. The molecule has 1 N–H and O–H groups in total. The van der Waals surface area contributed by atoms with Crippen LogP contribution in [0, 0.1) is 6.92 Å². The van der Waals surface area contributed by atoms with Crippen molar-refractivity contribution in [3.05, 3.63) is 46.2 Å². The number of benzene rings is 1. The molecule has 2 aliphatic rings. The molecule has 9 heteroatoms. The van der Waals surface area contributed by atoms with Crippen molar-refractivity contribution in [3.63, 3.8) is 0 Å². The largest absolute Gasteiger partial charge is 0.464 e. The zero-order valence-electron chi connectivity index (χ0n) is 19.2. The number of ether oxygens (including phenoxy) is 1. The van der Waals surface area contributed by atoms with E-state index < -0.39 is 17.4 Å². The number of methoxy groups -OCH3 is 1. The van der Waals surface area contributed by atoms with Gasteiger partial charge in [0, 0.05) is 22.8 Å². The van der Waals surface area contributed by atoms with Crippen LogP contribution in [0.1, 0.15) is 72.0 Å². The summed E-state index contributed by atoms with van der Waals surface area (Å²) in [6.07, 6.45) is 6.33. The average Bonchev–Trinajstić information content (AvgIpc) is 3.04. The van der Waals surface area contributed by atoms with Gasteiger partial charge in [0.2, 0.25) is 5.91 Å². The summed E-state index contributed by atoms with van der Waals surface area (Å²) >= 11 is 6.37. The minimum Gasteiger partial charge on any atom is -0.464 e. The molecule has 0 radical (unpaired) electrons. The Morgan fingerprint density at radius 2 is 1.88 bits per heavy atom. The van der Waals surface area contributed by atoms with E-state index in [-0.39, 0.29) is 29.9 Å². The Bertz CT molecular complexity index is 1090. The molecule has 1 aromatic carbocycles. The highest BCUT2D eigenvalue weighted by molar-refractivity contribution is 6.31. The molecule has 1 fully saturated rings. The summed E-state index contributed by atoms with van der Waals surface area (Å²) in [5.41, 5.74) is 0.352. The van der Waals surface area contributed by atoms with E-state index in [1.54, 1.807) is 19.1 Å². The van der Waals surface area contributed by atoms with E-state index in [0.29, 0.717) is 10.7 Å². The topological polar surface area (TPSA) is 93.5 Å². The number of esters is 1. The van der Waals surface area contributed by atoms with Crippen molar-refractivity contribution in [1.82, 2.24) is 15.1 Å². The quantitative estimate of drug-likeness (QED) is 0.538. The van der Waals surface area contributed by atoms with Crippen molar-refractivity contribution in [2.24, 2.45) is 0 Å². The fourth-order valence-electron chi connectivity index (χ4n) is 4.68. The van der Waals surface area contributed by atoms with Crippen LogP contribution in [-0.4, -0.2) is 46.3 Å². The highest BCUT2D eigenvalue weighted by Crippen LogP contribution is 2.35. The number of rotatable bonds is 4. The summed E-state index contributed by atoms with van der Waals surface area (Å²) in [6.45, 7) is 3.70. The zero-order valence-corrected chi connectivity index (χ0v) is 19.9. The fourth-order valence-corrected chi connectivity index (χ4v) is 4.85. The SMILES string of the molecule is COC(=O)c1cc2n(n1)C[C@](C)(C(=O)NC1CCCCCC1)N(c1ccc(C)c(Cl)c1)C2=O. The first kappa shape index (κ1) is 23.3. The number of anilines is 1. The third-order valence-electron chi connectivity index (χ3n) is 6.64. The molecular weight excluding hydrogens is 444 g/mol. The van der Waals surface area contributed by atoms with Crippen LogP contribution in [0.15, 0.2) is 24.3 Å².